The summed E-state index contributed by atoms with van der Waals surface area (Å²) in [6.45, 7) is 5.41. The van der Waals surface area contributed by atoms with E-state index in [1.165, 1.54) is 12.8 Å². The number of anilines is 1. The van der Waals surface area contributed by atoms with E-state index in [0.29, 0.717) is 17.0 Å². The maximum atomic E-state index is 7.70. The van der Waals surface area contributed by atoms with Crippen LogP contribution in [-0.2, 0) is 0 Å². The van der Waals surface area contributed by atoms with Gasteiger partial charge in [0.2, 0.25) is 0 Å². The minimum atomic E-state index is 0.0851. The van der Waals surface area contributed by atoms with Gasteiger partial charge in [-0.15, -0.1) is 0 Å². The molecular weight excluding hydrogens is 246 g/mol. The van der Waals surface area contributed by atoms with Crippen LogP contribution in [0.4, 0.5) is 5.69 Å². The molecule has 0 radical (unpaired) electrons. The molecule has 0 bridgehead atoms. The monoisotopic (exact) mass is 265 g/mol. The molecule has 3 N–H and O–H groups in total. The standard InChI is InChI=1S/C14H20ClN3/c1-9(2)8-18(11-4-5-11)13-6-3-10(15)7-12(13)14(16)17/h3,6-7,9,11H,4-5,8H2,1-2H3,(H3,16,17). The number of nitrogens with two attached hydrogens (primary N) is 1. The molecule has 0 amide bonds. The van der Waals surface area contributed by atoms with Gasteiger partial charge in [0.15, 0.2) is 0 Å². The predicted octanol–water partition coefficient (Wildman–Crippen LogP) is 3.25. The second-order valence-corrected chi connectivity index (χ2v) is 5.79. The Kier molecular flexibility index (Phi) is 3.81. The Morgan fingerprint density at radius 3 is 2.67 bits per heavy atom. The number of nitrogens with zero attached hydrogens (tertiary/aromatic N) is 1. The first-order chi connectivity index (χ1) is 8.49. The van der Waals surface area contributed by atoms with Crippen LogP contribution in [-0.4, -0.2) is 18.4 Å². The van der Waals surface area contributed by atoms with Gasteiger partial charge in [0, 0.05) is 28.9 Å². The Morgan fingerprint density at radius 2 is 2.17 bits per heavy atom. The number of rotatable bonds is 5. The summed E-state index contributed by atoms with van der Waals surface area (Å²) in [4.78, 5) is 2.37. The third kappa shape index (κ3) is 2.96. The SMILES string of the molecule is CC(C)CN(c1ccc(Cl)cc1C(=N)N)C1CC1. The van der Waals surface area contributed by atoms with Gasteiger partial charge in [-0.2, -0.15) is 0 Å². The molecule has 0 aromatic heterocycles. The molecule has 0 unspecified atom stereocenters. The number of amidine groups is 1. The summed E-state index contributed by atoms with van der Waals surface area (Å²) in [6.07, 6.45) is 2.46. The average Bonchev–Trinajstić information content (AvgIpc) is 3.09. The van der Waals surface area contributed by atoms with Gasteiger partial charge in [0.25, 0.3) is 0 Å². The highest BCUT2D eigenvalue weighted by atomic mass is 35.5. The summed E-state index contributed by atoms with van der Waals surface area (Å²) in [5, 5.41) is 8.33. The quantitative estimate of drug-likeness (QED) is 0.634. The summed E-state index contributed by atoms with van der Waals surface area (Å²) in [5.74, 6) is 0.669. The maximum absolute atomic E-state index is 7.70. The molecule has 4 heteroatoms. The molecule has 0 saturated heterocycles. The van der Waals surface area contributed by atoms with Crippen molar-refractivity contribution in [3.05, 3.63) is 28.8 Å². The highest BCUT2D eigenvalue weighted by Gasteiger charge is 2.31. The highest BCUT2D eigenvalue weighted by molar-refractivity contribution is 6.31. The van der Waals surface area contributed by atoms with Crippen molar-refractivity contribution >= 4 is 23.1 Å². The fraction of sp³-hybridized carbons (Fsp3) is 0.500. The molecule has 1 fully saturated rings. The Morgan fingerprint density at radius 1 is 1.50 bits per heavy atom. The lowest BCUT2D eigenvalue weighted by atomic mass is 10.1. The highest BCUT2D eigenvalue weighted by Crippen LogP contribution is 2.35. The zero-order chi connectivity index (χ0) is 13.3. The van der Waals surface area contributed by atoms with Gasteiger partial charge in [-0.1, -0.05) is 25.4 Å². The minimum absolute atomic E-state index is 0.0851. The molecule has 2 rings (SSSR count). The van der Waals surface area contributed by atoms with Gasteiger partial charge in [0.1, 0.15) is 5.84 Å². The summed E-state index contributed by atoms with van der Waals surface area (Å²) in [5.41, 5.74) is 7.46. The van der Waals surface area contributed by atoms with Crippen molar-refractivity contribution in [3.63, 3.8) is 0 Å². The van der Waals surface area contributed by atoms with Crippen LogP contribution in [0.3, 0.4) is 0 Å². The second kappa shape index (κ2) is 5.19. The zero-order valence-electron chi connectivity index (χ0n) is 10.9. The van der Waals surface area contributed by atoms with E-state index >= 15 is 0 Å². The van der Waals surface area contributed by atoms with Gasteiger partial charge >= 0.3 is 0 Å². The lowest BCUT2D eigenvalue weighted by Gasteiger charge is -2.28. The number of nitrogens with one attached hydrogen (secondary N) is 1. The lowest BCUT2D eigenvalue weighted by Crippen LogP contribution is -2.32. The summed E-state index contributed by atoms with van der Waals surface area (Å²) in [6, 6.07) is 6.25. The van der Waals surface area contributed by atoms with Crippen LogP contribution in [0.25, 0.3) is 0 Å². The summed E-state index contributed by atoms with van der Waals surface area (Å²) in [7, 11) is 0. The molecular formula is C14H20ClN3. The van der Waals surface area contributed by atoms with E-state index in [1.54, 1.807) is 6.07 Å². The van der Waals surface area contributed by atoms with Crippen molar-refractivity contribution in [1.82, 2.24) is 0 Å². The van der Waals surface area contributed by atoms with Crippen LogP contribution in [0.5, 0.6) is 0 Å². The molecule has 0 heterocycles. The Bertz CT molecular complexity index is 452. The predicted molar refractivity (Wildman–Crippen MR) is 77.7 cm³/mol. The molecule has 0 aliphatic heterocycles. The summed E-state index contributed by atoms with van der Waals surface area (Å²) >= 11 is 6.00. The van der Waals surface area contributed by atoms with E-state index in [-0.39, 0.29) is 5.84 Å². The molecule has 1 aromatic rings. The first-order valence-corrected chi connectivity index (χ1v) is 6.77. The normalized spacial score (nSPS) is 14.9. The van der Waals surface area contributed by atoms with E-state index < -0.39 is 0 Å². The number of nitrogen functional groups attached to an aromatic ring is 1. The first-order valence-electron chi connectivity index (χ1n) is 6.39. The molecule has 1 aliphatic carbocycles. The van der Waals surface area contributed by atoms with Crippen LogP contribution in [0.15, 0.2) is 18.2 Å². The largest absolute Gasteiger partial charge is 0.384 e. The topological polar surface area (TPSA) is 53.1 Å². The van der Waals surface area contributed by atoms with Crippen LogP contribution in [0.2, 0.25) is 5.02 Å². The van der Waals surface area contributed by atoms with E-state index in [1.807, 2.05) is 12.1 Å². The Hall–Kier alpha value is -1.22. The lowest BCUT2D eigenvalue weighted by molar-refractivity contribution is 0.607. The van der Waals surface area contributed by atoms with Crippen molar-refractivity contribution in [2.24, 2.45) is 11.7 Å². The van der Waals surface area contributed by atoms with Crippen molar-refractivity contribution in [1.29, 1.82) is 5.41 Å². The van der Waals surface area contributed by atoms with Crippen LogP contribution in [0.1, 0.15) is 32.3 Å². The maximum Gasteiger partial charge on any atom is 0.124 e. The van der Waals surface area contributed by atoms with E-state index in [2.05, 4.69) is 18.7 Å². The average molecular weight is 266 g/mol. The van der Waals surface area contributed by atoms with Crippen molar-refractivity contribution in [3.8, 4) is 0 Å². The third-order valence-corrected chi connectivity index (χ3v) is 3.34. The third-order valence-electron chi connectivity index (χ3n) is 3.11. The van der Waals surface area contributed by atoms with Crippen LogP contribution >= 0.6 is 11.6 Å². The summed E-state index contributed by atoms with van der Waals surface area (Å²) < 4.78 is 0. The molecule has 98 valence electrons. The van der Waals surface area contributed by atoms with Gasteiger partial charge in [-0.3, -0.25) is 5.41 Å². The molecule has 1 aromatic carbocycles. The number of hydrogen-bond acceptors (Lipinski definition) is 2. The Balaban J connectivity index is 2.37. The Labute approximate surface area is 113 Å². The molecule has 0 spiro atoms. The smallest absolute Gasteiger partial charge is 0.124 e. The minimum Gasteiger partial charge on any atom is -0.384 e. The zero-order valence-corrected chi connectivity index (χ0v) is 11.7. The van der Waals surface area contributed by atoms with Gasteiger partial charge < -0.3 is 10.6 Å². The number of hydrogen-bond donors (Lipinski definition) is 2. The fourth-order valence-corrected chi connectivity index (χ4v) is 2.37. The van der Waals surface area contributed by atoms with E-state index in [4.69, 9.17) is 22.7 Å². The van der Waals surface area contributed by atoms with Gasteiger partial charge in [-0.25, -0.2) is 0 Å². The van der Waals surface area contributed by atoms with E-state index in [9.17, 15) is 0 Å². The first kappa shape index (κ1) is 13.2. The van der Waals surface area contributed by atoms with Crippen molar-refractivity contribution in [2.75, 3.05) is 11.4 Å². The van der Waals surface area contributed by atoms with Crippen LogP contribution in [0, 0.1) is 11.3 Å². The number of halogens is 1. The second-order valence-electron chi connectivity index (χ2n) is 5.35. The van der Waals surface area contributed by atoms with Crippen molar-refractivity contribution in [2.45, 2.75) is 32.7 Å². The molecule has 1 saturated carbocycles. The molecule has 3 nitrogen and oxygen atoms in total. The van der Waals surface area contributed by atoms with Gasteiger partial charge in [-0.05, 0) is 37.0 Å². The molecule has 0 atom stereocenters. The van der Waals surface area contributed by atoms with Gasteiger partial charge in [0.05, 0.1) is 0 Å². The molecule has 1 aliphatic rings. The van der Waals surface area contributed by atoms with Crippen molar-refractivity contribution < 1.29 is 0 Å². The van der Waals surface area contributed by atoms with E-state index in [0.717, 1.165) is 17.8 Å². The molecule has 18 heavy (non-hydrogen) atoms. The van der Waals surface area contributed by atoms with Crippen LogP contribution < -0.4 is 10.6 Å². The fourth-order valence-electron chi connectivity index (χ4n) is 2.20. The number of benzene rings is 1.